The van der Waals surface area contributed by atoms with Gasteiger partial charge in [0.05, 0.1) is 11.8 Å². The molecule has 3 N–H and O–H groups in total. The lowest BCUT2D eigenvalue weighted by atomic mass is 9.96. The molecule has 0 aliphatic rings. The molecule has 1 amide bonds. The molecule has 0 radical (unpaired) electrons. The maximum Gasteiger partial charge on any atom is 0.230 e. The topological polar surface area (TPSA) is 85.8 Å². The zero-order chi connectivity index (χ0) is 18.6. The number of carbonyl (C=O) groups excluding carboxylic acids is 1. The minimum atomic E-state index is -0.196. The zero-order valence-corrected chi connectivity index (χ0v) is 16.3. The van der Waals surface area contributed by atoms with Gasteiger partial charge in [0.2, 0.25) is 11.1 Å². The molecule has 0 saturated carbocycles. The normalized spacial score (nSPS) is 13.0. The van der Waals surface area contributed by atoms with Gasteiger partial charge in [-0.15, -0.1) is 10.2 Å². The lowest BCUT2D eigenvalue weighted by molar-refractivity contribution is -0.119. The van der Waals surface area contributed by atoms with Gasteiger partial charge >= 0.3 is 0 Å². The van der Waals surface area contributed by atoms with Crippen molar-refractivity contribution in [2.24, 2.45) is 5.92 Å². The standard InChI is InChI=1S/C18H27N5OS/c1-12(2)15(13-9-7-6-8-10-13)20-14(24)11-25-17-22-21-16(23(17)19)18(3,4)5/h6-10,12,15H,11,19H2,1-5H3,(H,20,24). The van der Waals surface area contributed by atoms with Crippen LogP contribution in [0.25, 0.3) is 0 Å². The van der Waals surface area contributed by atoms with Crippen molar-refractivity contribution < 1.29 is 4.79 Å². The van der Waals surface area contributed by atoms with E-state index in [1.165, 1.54) is 16.4 Å². The number of nitrogen functional groups attached to an aromatic ring is 1. The van der Waals surface area contributed by atoms with E-state index in [2.05, 4.69) is 29.4 Å². The van der Waals surface area contributed by atoms with Crippen molar-refractivity contribution in [2.45, 2.75) is 51.2 Å². The number of hydrogen-bond acceptors (Lipinski definition) is 5. The predicted molar refractivity (Wildman–Crippen MR) is 102 cm³/mol. The summed E-state index contributed by atoms with van der Waals surface area (Å²) >= 11 is 1.29. The van der Waals surface area contributed by atoms with Crippen LogP contribution in [0.5, 0.6) is 0 Å². The number of aromatic nitrogens is 3. The first-order valence-electron chi connectivity index (χ1n) is 8.38. The largest absolute Gasteiger partial charge is 0.348 e. The van der Waals surface area contributed by atoms with Crippen LogP contribution in [-0.2, 0) is 10.2 Å². The average molecular weight is 362 g/mol. The number of nitrogens with zero attached hydrogens (tertiary/aromatic N) is 3. The van der Waals surface area contributed by atoms with Gasteiger partial charge in [-0.2, -0.15) is 0 Å². The first-order valence-corrected chi connectivity index (χ1v) is 9.36. The van der Waals surface area contributed by atoms with Crippen LogP contribution < -0.4 is 11.2 Å². The Morgan fingerprint density at radius 1 is 1.24 bits per heavy atom. The van der Waals surface area contributed by atoms with Gasteiger partial charge in [0.1, 0.15) is 0 Å². The Labute approximate surface area is 153 Å². The highest BCUT2D eigenvalue weighted by molar-refractivity contribution is 7.99. The molecule has 2 rings (SSSR count). The average Bonchev–Trinajstić information content (AvgIpc) is 2.92. The first-order chi connectivity index (χ1) is 11.7. The molecular weight excluding hydrogens is 334 g/mol. The Morgan fingerprint density at radius 3 is 2.40 bits per heavy atom. The molecule has 7 heteroatoms. The fourth-order valence-electron chi connectivity index (χ4n) is 2.53. The second-order valence-electron chi connectivity index (χ2n) is 7.41. The predicted octanol–water partition coefficient (Wildman–Crippen LogP) is 2.90. The Kier molecular flexibility index (Phi) is 6.11. The molecule has 0 spiro atoms. The molecule has 0 aliphatic carbocycles. The van der Waals surface area contributed by atoms with Gasteiger partial charge in [-0.25, -0.2) is 4.68 Å². The van der Waals surface area contributed by atoms with Crippen molar-refractivity contribution in [1.29, 1.82) is 0 Å². The smallest absolute Gasteiger partial charge is 0.230 e. The van der Waals surface area contributed by atoms with Crippen molar-refractivity contribution in [3.8, 4) is 0 Å². The first kappa shape index (κ1) is 19.3. The quantitative estimate of drug-likeness (QED) is 0.610. The summed E-state index contributed by atoms with van der Waals surface area (Å²) in [6.07, 6.45) is 0. The molecule has 6 nitrogen and oxygen atoms in total. The zero-order valence-electron chi connectivity index (χ0n) is 15.5. The molecule has 0 saturated heterocycles. The number of amides is 1. The maximum atomic E-state index is 12.4. The molecule has 1 heterocycles. The van der Waals surface area contributed by atoms with Crippen LogP contribution in [0.4, 0.5) is 0 Å². The summed E-state index contributed by atoms with van der Waals surface area (Å²) in [5, 5.41) is 11.9. The summed E-state index contributed by atoms with van der Waals surface area (Å²) in [7, 11) is 0. The van der Waals surface area contributed by atoms with Crippen molar-refractivity contribution in [3.05, 3.63) is 41.7 Å². The van der Waals surface area contributed by atoms with E-state index in [0.717, 1.165) is 5.56 Å². The molecule has 1 atom stereocenters. The summed E-state index contributed by atoms with van der Waals surface area (Å²) in [6, 6.07) is 9.98. The summed E-state index contributed by atoms with van der Waals surface area (Å²) < 4.78 is 1.47. The Morgan fingerprint density at radius 2 is 1.88 bits per heavy atom. The van der Waals surface area contributed by atoms with E-state index >= 15 is 0 Å². The second kappa shape index (κ2) is 7.91. The van der Waals surface area contributed by atoms with E-state index < -0.39 is 0 Å². The van der Waals surface area contributed by atoms with Gasteiger partial charge in [-0.1, -0.05) is 76.7 Å². The molecule has 0 aliphatic heterocycles. The van der Waals surface area contributed by atoms with Gasteiger partial charge in [-0.3, -0.25) is 4.79 Å². The Bertz CT molecular complexity index is 706. The van der Waals surface area contributed by atoms with Crippen LogP contribution in [0.15, 0.2) is 35.5 Å². The number of carbonyl (C=O) groups is 1. The van der Waals surface area contributed by atoms with Gasteiger partial charge < -0.3 is 11.2 Å². The highest BCUT2D eigenvalue weighted by Crippen LogP contribution is 2.24. The molecule has 2 aromatic rings. The van der Waals surface area contributed by atoms with Crippen molar-refractivity contribution in [1.82, 2.24) is 20.2 Å². The van der Waals surface area contributed by atoms with E-state index in [1.54, 1.807) is 0 Å². The van der Waals surface area contributed by atoms with E-state index in [1.807, 2.05) is 51.1 Å². The fraction of sp³-hybridized carbons (Fsp3) is 0.500. The molecule has 25 heavy (non-hydrogen) atoms. The molecule has 1 unspecified atom stereocenters. The number of hydrogen-bond donors (Lipinski definition) is 2. The van der Waals surface area contributed by atoms with Crippen LogP contribution in [0.1, 0.15) is 52.0 Å². The van der Waals surface area contributed by atoms with Crippen LogP contribution in [-0.4, -0.2) is 26.5 Å². The summed E-state index contributed by atoms with van der Waals surface area (Å²) in [4.78, 5) is 12.4. The van der Waals surface area contributed by atoms with Gasteiger partial charge in [0.15, 0.2) is 5.82 Å². The number of thioether (sulfide) groups is 1. The van der Waals surface area contributed by atoms with Crippen molar-refractivity contribution in [2.75, 3.05) is 11.6 Å². The number of rotatable bonds is 6. The highest BCUT2D eigenvalue weighted by atomic mass is 32.2. The molecule has 1 aromatic heterocycles. The number of nitrogens with one attached hydrogen (secondary N) is 1. The SMILES string of the molecule is CC(C)C(NC(=O)CSc1nnc(C(C)(C)C)n1N)c1ccccc1. The van der Waals surface area contributed by atoms with Crippen LogP contribution in [0.2, 0.25) is 0 Å². The highest BCUT2D eigenvalue weighted by Gasteiger charge is 2.24. The molecule has 0 fully saturated rings. The summed E-state index contributed by atoms with van der Waals surface area (Å²) in [5.41, 5.74) is 0.909. The van der Waals surface area contributed by atoms with E-state index in [0.29, 0.717) is 16.9 Å². The van der Waals surface area contributed by atoms with Crippen LogP contribution in [0, 0.1) is 5.92 Å². The van der Waals surface area contributed by atoms with Crippen molar-refractivity contribution >= 4 is 17.7 Å². The minimum Gasteiger partial charge on any atom is -0.348 e. The molecule has 1 aromatic carbocycles. The van der Waals surface area contributed by atoms with Crippen LogP contribution >= 0.6 is 11.8 Å². The molecular formula is C18H27N5OS. The van der Waals surface area contributed by atoms with E-state index in [4.69, 9.17) is 5.84 Å². The monoisotopic (exact) mass is 361 g/mol. The van der Waals surface area contributed by atoms with E-state index in [9.17, 15) is 4.79 Å². The third-order valence-electron chi connectivity index (χ3n) is 3.81. The maximum absolute atomic E-state index is 12.4. The summed E-state index contributed by atoms with van der Waals surface area (Å²) in [5.74, 6) is 7.24. The minimum absolute atomic E-state index is 0.0183. The third kappa shape index (κ3) is 4.98. The lowest BCUT2D eigenvalue weighted by Gasteiger charge is -2.22. The number of benzene rings is 1. The van der Waals surface area contributed by atoms with Gasteiger partial charge in [-0.05, 0) is 11.5 Å². The molecule has 136 valence electrons. The van der Waals surface area contributed by atoms with Gasteiger partial charge in [0, 0.05) is 5.41 Å². The third-order valence-corrected chi connectivity index (χ3v) is 4.75. The Hall–Kier alpha value is -2.02. The molecule has 0 bridgehead atoms. The van der Waals surface area contributed by atoms with Crippen LogP contribution in [0.3, 0.4) is 0 Å². The Balaban J connectivity index is 1.99. The van der Waals surface area contributed by atoms with E-state index in [-0.39, 0.29) is 23.1 Å². The lowest BCUT2D eigenvalue weighted by Crippen LogP contribution is -2.33. The number of nitrogens with two attached hydrogens (primary N) is 1. The second-order valence-corrected chi connectivity index (χ2v) is 8.36. The van der Waals surface area contributed by atoms with Gasteiger partial charge in [0.25, 0.3) is 0 Å². The van der Waals surface area contributed by atoms with Crippen molar-refractivity contribution in [3.63, 3.8) is 0 Å². The summed E-state index contributed by atoms with van der Waals surface area (Å²) in [6.45, 7) is 10.3. The fourth-order valence-corrected chi connectivity index (χ4v) is 3.19.